The van der Waals surface area contributed by atoms with Crippen LogP contribution in [-0.2, 0) is 32.3 Å². The number of rotatable bonds is 10. The van der Waals surface area contributed by atoms with Crippen LogP contribution in [0.3, 0.4) is 0 Å². The molecule has 0 saturated carbocycles. The number of benzene rings is 1. The number of amides is 1. The van der Waals surface area contributed by atoms with Gasteiger partial charge in [-0.1, -0.05) is 17.2 Å². The van der Waals surface area contributed by atoms with Gasteiger partial charge >= 0.3 is 12.8 Å². The van der Waals surface area contributed by atoms with E-state index in [4.69, 9.17) is 42.6 Å². The SMILES string of the molecule is Cc1cn([C@H]2C[C@H](N=[N+]=[N-])[C@@H](CO[P+](=S)Oc3ccc(C[C@H](N)C(N)=O)cc3)O2)c(=O)[nH]c1=O. The number of hydrogen-bond donors (Lipinski definition) is 3. The smallest absolute Gasteiger partial charge is 0.368 e. The molecule has 1 fully saturated rings. The fourth-order valence-electron chi connectivity index (χ4n) is 3.31. The van der Waals surface area contributed by atoms with Crippen molar-refractivity contribution in [3.63, 3.8) is 0 Å². The maximum atomic E-state index is 12.2. The van der Waals surface area contributed by atoms with Crippen molar-refractivity contribution in [2.24, 2.45) is 16.6 Å². The number of hydrogen-bond acceptors (Lipinski definition) is 9. The highest BCUT2D eigenvalue weighted by Crippen LogP contribution is 2.34. The largest absolute Gasteiger partial charge is 0.573 e. The van der Waals surface area contributed by atoms with Crippen LogP contribution in [0, 0.1) is 6.92 Å². The minimum absolute atomic E-state index is 0.0297. The Morgan fingerprint density at radius 3 is 2.79 bits per heavy atom. The van der Waals surface area contributed by atoms with Crippen LogP contribution in [0.2, 0.25) is 0 Å². The van der Waals surface area contributed by atoms with Crippen LogP contribution in [0.25, 0.3) is 10.4 Å². The predicted molar refractivity (Wildman–Crippen MR) is 126 cm³/mol. The molecule has 3 rings (SSSR count). The van der Waals surface area contributed by atoms with Crippen molar-refractivity contribution < 1.29 is 18.6 Å². The van der Waals surface area contributed by atoms with Crippen molar-refractivity contribution in [1.29, 1.82) is 0 Å². The van der Waals surface area contributed by atoms with Gasteiger partial charge in [-0.25, -0.2) is 4.79 Å². The number of azide groups is 1. The Morgan fingerprint density at radius 1 is 1.44 bits per heavy atom. The van der Waals surface area contributed by atoms with Gasteiger partial charge in [-0.2, -0.15) is 0 Å². The summed E-state index contributed by atoms with van der Waals surface area (Å²) in [6.45, 7) is 1.54. The van der Waals surface area contributed by atoms with Gasteiger partial charge in [0.15, 0.2) is 5.75 Å². The molecule has 1 aromatic heterocycles. The lowest BCUT2D eigenvalue weighted by Gasteiger charge is -2.15. The monoisotopic (exact) mass is 508 g/mol. The van der Waals surface area contributed by atoms with Crippen molar-refractivity contribution in [1.82, 2.24) is 9.55 Å². The van der Waals surface area contributed by atoms with Crippen molar-refractivity contribution in [3.05, 3.63) is 72.9 Å². The van der Waals surface area contributed by atoms with E-state index in [0.717, 1.165) is 5.56 Å². The number of aromatic amines is 1. The van der Waals surface area contributed by atoms with E-state index in [1.54, 1.807) is 31.2 Å². The molecule has 5 atom stereocenters. The van der Waals surface area contributed by atoms with Gasteiger partial charge in [0.2, 0.25) is 17.7 Å². The maximum Gasteiger partial charge on any atom is 0.573 e. The number of nitrogens with one attached hydrogen (secondary N) is 1. The number of aryl methyl sites for hydroxylation is 1. The number of aromatic nitrogens is 2. The summed E-state index contributed by atoms with van der Waals surface area (Å²) >= 11 is 5.25. The summed E-state index contributed by atoms with van der Waals surface area (Å²) in [5, 5.41) is 3.74. The van der Waals surface area contributed by atoms with Gasteiger partial charge in [0, 0.05) is 23.1 Å². The zero-order valence-electron chi connectivity index (χ0n) is 18.1. The molecule has 2 heterocycles. The van der Waals surface area contributed by atoms with Crippen molar-refractivity contribution in [3.8, 4) is 5.75 Å². The molecule has 13 nitrogen and oxygen atoms in total. The molecule has 5 N–H and O–H groups in total. The first kappa shape index (κ1) is 25.5. The van der Waals surface area contributed by atoms with Crippen LogP contribution < -0.4 is 27.2 Å². The van der Waals surface area contributed by atoms with Crippen molar-refractivity contribution >= 4 is 24.9 Å². The number of nitrogens with two attached hydrogens (primary N) is 2. The summed E-state index contributed by atoms with van der Waals surface area (Å²) in [7, 11) is -1.77. The van der Waals surface area contributed by atoms with Gasteiger partial charge in [-0.15, -0.1) is 4.52 Å². The number of nitrogens with zero attached hydrogens (tertiary/aromatic N) is 4. The number of ether oxygens (including phenoxy) is 1. The summed E-state index contributed by atoms with van der Waals surface area (Å²) < 4.78 is 18.3. The number of H-pyrrole nitrogens is 1. The fourth-order valence-corrected chi connectivity index (χ4v) is 4.37. The van der Waals surface area contributed by atoms with Gasteiger partial charge in [-0.3, -0.25) is 23.7 Å². The standard InChI is InChI=1S/C19H22N7O6PS/c1-10-8-26(19(29)23-18(10)28)16-7-14(24-25-22)15(31-16)9-30-33(34)32-12-4-2-11(3-5-12)6-13(20)17(21)27/h2-5,8,13-16H,6-7,9,20H2,1H3,(H2-,21,23,27,28,29)/p+1/t13-,14-,15+,16+/m0/s1. The molecule has 0 spiro atoms. The summed E-state index contributed by atoms with van der Waals surface area (Å²) in [5.74, 6) is -0.122. The Hall–Kier alpha value is -3.12. The van der Waals surface area contributed by atoms with E-state index in [1.807, 2.05) is 0 Å². The van der Waals surface area contributed by atoms with Crippen LogP contribution in [0.4, 0.5) is 0 Å². The molecule has 0 bridgehead atoms. The predicted octanol–water partition coefficient (Wildman–Crippen LogP) is 1.04. The van der Waals surface area contributed by atoms with Crippen LogP contribution in [-0.4, -0.2) is 40.3 Å². The van der Waals surface area contributed by atoms with Crippen molar-refractivity contribution in [2.45, 2.75) is 44.2 Å². The zero-order chi connectivity index (χ0) is 24.8. The second kappa shape index (κ2) is 11.3. The molecule has 180 valence electrons. The normalized spacial score (nSPS) is 20.9. The molecule has 1 aliphatic heterocycles. The summed E-state index contributed by atoms with van der Waals surface area (Å²) in [6, 6.07) is 5.43. The van der Waals surface area contributed by atoms with E-state index < -0.39 is 48.7 Å². The molecule has 15 heteroatoms. The van der Waals surface area contributed by atoms with Crippen LogP contribution >= 0.6 is 7.15 Å². The van der Waals surface area contributed by atoms with Crippen LogP contribution in [0.15, 0.2) is 45.2 Å². The fraction of sp³-hybridized carbons (Fsp3) is 0.421. The highest BCUT2D eigenvalue weighted by molar-refractivity contribution is 8.00. The third-order valence-electron chi connectivity index (χ3n) is 5.13. The first-order valence-corrected chi connectivity index (χ1v) is 12.3. The highest BCUT2D eigenvalue weighted by Gasteiger charge is 2.38. The Labute approximate surface area is 199 Å². The van der Waals surface area contributed by atoms with E-state index in [1.165, 1.54) is 10.8 Å². The molecule has 1 saturated heterocycles. The van der Waals surface area contributed by atoms with Gasteiger partial charge < -0.3 is 16.2 Å². The molecule has 1 aliphatic rings. The summed E-state index contributed by atoms with van der Waals surface area (Å²) in [5.41, 5.74) is 19.7. The number of carbonyl (C=O) groups is 1. The number of primary amides is 1. The first-order valence-electron chi connectivity index (χ1n) is 10.1. The highest BCUT2D eigenvalue weighted by atomic mass is 32.4. The average Bonchev–Trinajstić information content (AvgIpc) is 3.18. The molecule has 0 aliphatic carbocycles. The van der Waals surface area contributed by atoms with E-state index >= 15 is 0 Å². The van der Waals surface area contributed by atoms with Crippen molar-refractivity contribution in [2.75, 3.05) is 6.61 Å². The molecule has 0 radical (unpaired) electrons. The molecule has 1 unspecified atom stereocenters. The summed E-state index contributed by atoms with van der Waals surface area (Å²) in [6.07, 6.45) is 0.492. The van der Waals surface area contributed by atoms with E-state index in [9.17, 15) is 14.4 Å². The Morgan fingerprint density at radius 2 is 2.15 bits per heavy atom. The van der Waals surface area contributed by atoms with Gasteiger partial charge in [0.25, 0.3) is 5.56 Å². The van der Waals surface area contributed by atoms with E-state index in [0.29, 0.717) is 17.7 Å². The number of carbonyl (C=O) groups excluding carboxylic acids is 1. The minimum atomic E-state index is -1.77. The quantitative estimate of drug-likeness (QED) is 0.183. The molecule has 2 aromatic rings. The first-order chi connectivity index (χ1) is 16.2. The zero-order valence-corrected chi connectivity index (χ0v) is 19.8. The maximum absolute atomic E-state index is 12.2. The third kappa shape index (κ3) is 6.48. The summed E-state index contributed by atoms with van der Waals surface area (Å²) in [4.78, 5) is 39.9. The molecule has 1 aromatic carbocycles. The minimum Gasteiger partial charge on any atom is -0.368 e. The second-order valence-electron chi connectivity index (χ2n) is 7.58. The Bertz CT molecular complexity index is 1230. The van der Waals surface area contributed by atoms with Crippen LogP contribution in [0.5, 0.6) is 5.75 Å². The van der Waals surface area contributed by atoms with E-state index in [-0.39, 0.29) is 13.0 Å². The van der Waals surface area contributed by atoms with Gasteiger partial charge in [0.05, 0.1) is 18.2 Å². The topological polar surface area (TPSA) is 200 Å². The van der Waals surface area contributed by atoms with Gasteiger partial charge in [-0.05, 0) is 36.6 Å². The lowest BCUT2D eigenvalue weighted by atomic mass is 10.1. The molecule has 34 heavy (non-hydrogen) atoms. The molecular weight excluding hydrogens is 485 g/mol. The van der Waals surface area contributed by atoms with Crippen LogP contribution in [0.1, 0.15) is 23.8 Å². The average molecular weight is 508 g/mol. The molecular formula is C19H23N7O6PS+. The lowest BCUT2D eigenvalue weighted by molar-refractivity contribution is -0.119. The Balaban J connectivity index is 1.59. The van der Waals surface area contributed by atoms with E-state index in [2.05, 4.69) is 15.0 Å². The third-order valence-corrected chi connectivity index (χ3v) is 6.39. The lowest BCUT2D eigenvalue weighted by Crippen LogP contribution is -2.38. The molecule has 1 amide bonds. The second-order valence-corrected chi connectivity index (χ2v) is 9.37. The van der Waals surface area contributed by atoms with Gasteiger partial charge in [0.1, 0.15) is 12.8 Å². The Kier molecular flexibility index (Phi) is 8.51.